The number of hydrogen-bond donors (Lipinski definition) is 2. The van der Waals surface area contributed by atoms with E-state index in [1.165, 1.54) is 7.11 Å². The van der Waals surface area contributed by atoms with Gasteiger partial charge in [-0.1, -0.05) is 42.5 Å². The van der Waals surface area contributed by atoms with Crippen molar-refractivity contribution in [2.45, 2.75) is 24.9 Å². The number of phenols is 2. The number of fused-ring (bicyclic) bond motifs is 3. The van der Waals surface area contributed by atoms with Gasteiger partial charge in [0.05, 0.1) is 24.8 Å². The van der Waals surface area contributed by atoms with E-state index >= 15 is 0 Å². The number of nitrogens with zero attached hydrogens (tertiary/aromatic N) is 1. The van der Waals surface area contributed by atoms with Crippen LogP contribution in [-0.4, -0.2) is 40.0 Å². The Balaban J connectivity index is 1.86. The van der Waals surface area contributed by atoms with E-state index in [1.807, 2.05) is 42.5 Å². The Morgan fingerprint density at radius 2 is 1.76 bits per heavy atom. The Morgan fingerprint density at radius 3 is 2.55 bits per heavy atom. The van der Waals surface area contributed by atoms with Gasteiger partial charge in [-0.2, -0.15) is 0 Å². The average Bonchev–Trinajstić information content (AvgIpc) is 3.12. The van der Waals surface area contributed by atoms with Gasteiger partial charge in [0.2, 0.25) is 11.7 Å². The van der Waals surface area contributed by atoms with E-state index in [0.717, 1.165) is 16.3 Å². The molecule has 5 rings (SSSR count). The van der Waals surface area contributed by atoms with Crippen LogP contribution < -0.4 is 4.74 Å². The molecule has 3 aromatic rings. The maximum atomic E-state index is 13.2. The molecule has 6 heteroatoms. The van der Waals surface area contributed by atoms with Gasteiger partial charge in [0.1, 0.15) is 0 Å². The van der Waals surface area contributed by atoms with E-state index in [1.54, 1.807) is 11.0 Å². The van der Waals surface area contributed by atoms with Crippen LogP contribution in [0.2, 0.25) is 0 Å². The van der Waals surface area contributed by atoms with Crippen molar-refractivity contribution in [3.05, 3.63) is 65.2 Å². The molecule has 29 heavy (non-hydrogen) atoms. The van der Waals surface area contributed by atoms with Gasteiger partial charge < -0.3 is 19.8 Å². The highest BCUT2D eigenvalue weighted by molar-refractivity contribution is 6.09. The van der Waals surface area contributed by atoms with Crippen molar-refractivity contribution in [2.24, 2.45) is 0 Å². The third-order valence-electron chi connectivity index (χ3n) is 5.98. The minimum Gasteiger partial charge on any atom is -0.504 e. The van der Waals surface area contributed by atoms with E-state index in [-0.39, 0.29) is 29.4 Å². The molecule has 2 aliphatic rings. The predicted molar refractivity (Wildman–Crippen MR) is 106 cm³/mol. The van der Waals surface area contributed by atoms with Crippen LogP contribution in [-0.2, 0) is 4.79 Å². The van der Waals surface area contributed by atoms with Crippen molar-refractivity contribution in [2.75, 3.05) is 7.11 Å². The first-order valence-electron chi connectivity index (χ1n) is 9.48. The summed E-state index contributed by atoms with van der Waals surface area (Å²) in [6, 6.07) is 14.0. The number of carbonyl (C=O) groups is 2. The number of amides is 1. The van der Waals surface area contributed by atoms with Crippen LogP contribution in [0.1, 0.15) is 40.4 Å². The first-order valence-corrected chi connectivity index (χ1v) is 9.48. The van der Waals surface area contributed by atoms with Crippen LogP contribution in [0.3, 0.4) is 0 Å². The molecule has 0 saturated carbocycles. The topological polar surface area (TPSA) is 87.1 Å². The molecule has 3 aromatic carbocycles. The first kappa shape index (κ1) is 17.6. The molecule has 0 radical (unpaired) electrons. The number of methoxy groups -OCH3 is 1. The molecule has 1 saturated heterocycles. The fourth-order valence-electron chi connectivity index (χ4n) is 4.69. The van der Waals surface area contributed by atoms with Gasteiger partial charge in [-0.3, -0.25) is 9.59 Å². The summed E-state index contributed by atoms with van der Waals surface area (Å²) in [6.07, 6.45) is 0.667. The molecule has 6 nitrogen and oxygen atoms in total. The highest BCUT2D eigenvalue weighted by Gasteiger charge is 2.49. The number of hydrogen-bond acceptors (Lipinski definition) is 5. The zero-order valence-corrected chi connectivity index (χ0v) is 15.8. The summed E-state index contributed by atoms with van der Waals surface area (Å²) in [4.78, 5) is 27.6. The van der Waals surface area contributed by atoms with Crippen LogP contribution in [0.4, 0.5) is 0 Å². The second-order valence-electron chi connectivity index (χ2n) is 7.43. The van der Waals surface area contributed by atoms with E-state index in [4.69, 9.17) is 4.74 Å². The Morgan fingerprint density at radius 1 is 1.00 bits per heavy atom. The second kappa shape index (κ2) is 6.24. The lowest BCUT2D eigenvalue weighted by Crippen LogP contribution is -2.46. The van der Waals surface area contributed by atoms with E-state index in [2.05, 4.69) is 0 Å². The average molecular weight is 389 g/mol. The first-order chi connectivity index (χ1) is 14.0. The molecule has 2 atom stereocenters. The van der Waals surface area contributed by atoms with Gasteiger partial charge in [-0.25, -0.2) is 0 Å². The largest absolute Gasteiger partial charge is 0.504 e. The quantitative estimate of drug-likeness (QED) is 0.655. The van der Waals surface area contributed by atoms with Crippen LogP contribution in [0.15, 0.2) is 48.5 Å². The lowest BCUT2D eigenvalue weighted by Gasteiger charge is -2.39. The molecule has 0 spiro atoms. The summed E-state index contributed by atoms with van der Waals surface area (Å²) in [6.45, 7) is 0. The smallest absolute Gasteiger partial charge is 0.224 e. The Hall–Kier alpha value is -3.54. The van der Waals surface area contributed by atoms with Gasteiger partial charge in [0.25, 0.3) is 0 Å². The van der Waals surface area contributed by atoms with Crippen molar-refractivity contribution in [3.8, 4) is 17.2 Å². The molecular formula is C23H19NO5. The number of benzene rings is 3. The molecular weight excluding hydrogens is 370 g/mol. The lowest BCUT2D eigenvalue weighted by molar-refractivity contribution is -0.130. The standard InChI is InChI=1S/C23H19NO5/c1-29-17-11-15-19(23(28)22(17)27)21(26)16-9-10-18(25)24(16)20(15)14-8-4-6-12-5-2-3-7-13(12)14/h2-8,11,16,20,27-28H,9-10H2,1H3/t16-,20-/m1/s1. The zero-order valence-electron chi connectivity index (χ0n) is 15.8. The monoisotopic (exact) mass is 389 g/mol. The number of rotatable bonds is 2. The second-order valence-corrected chi connectivity index (χ2v) is 7.43. The number of carbonyl (C=O) groups excluding carboxylic acids is 2. The van der Waals surface area contributed by atoms with E-state index in [0.29, 0.717) is 12.0 Å². The van der Waals surface area contributed by atoms with Gasteiger partial charge in [-0.15, -0.1) is 0 Å². The predicted octanol–water partition coefficient (Wildman–Crippen LogP) is 3.54. The summed E-state index contributed by atoms with van der Waals surface area (Å²) < 4.78 is 5.21. The maximum Gasteiger partial charge on any atom is 0.224 e. The van der Waals surface area contributed by atoms with Crippen LogP contribution in [0, 0.1) is 0 Å². The zero-order chi connectivity index (χ0) is 20.3. The van der Waals surface area contributed by atoms with E-state index < -0.39 is 23.6 Å². The summed E-state index contributed by atoms with van der Waals surface area (Å²) in [5.74, 6) is -1.34. The molecule has 2 N–H and O–H groups in total. The van der Waals surface area contributed by atoms with Gasteiger partial charge >= 0.3 is 0 Å². The maximum absolute atomic E-state index is 13.2. The Labute approximate surface area is 166 Å². The highest BCUT2D eigenvalue weighted by atomic mass is 16.5. The third kappa shape index (κ3) is 2.35. The van der Waals surface area contributed by atoms with Crippen molar-refractivity contribution in [1.29, 1.82) is 0 Å². The van der Waals surface area contributed by atoms with Gasteiger partial charge in [-0.05, 0) is 34.4 Å². The molecule has 1 amide bonds. The molecule has 146 valence electrons. The van der Waals surface area contributed by atoms with Crippen molar-refractivity contribution >= 4 is 22.5 Å². The van der Waals surface area contributed by atoms with Crippen molar-refractivity contribution in [3.63, 3.8) is 0 Å². The molecule has 2 aliphatic heterocycles. The Bertz CT molecular complexity index is 1180. The summed E-state index contributed by atoms with van der Waals surface area (Å²) >= 11 is 0. The summed E-state index contributed by atoms with van der Waals surface area (Å²) in [5.41, 5.74) is 1.39. The van der Waals surface area contributed by atoms with Crippen molar-refractivity contribution < 1.29 is 24.5 Å². The molecule has 1 fully saturated rings. The van der Waals surface area contributed by atoms with Gasteiger partial charge in [0.15, 0.2) is 17.3 Å². The van der Waals surface area contributed by atoms with Crippen LogP contribution in [0.25, 0.3) is 10.8 Å². The normalized spacial score (nSPS) is 20.7. The number of phenolic OH excluding ortho intramolecular Hbond substituents is 2. The molecule has 0 unspecified atom stereocenters. The molecule has 0 bridgehead atoms. The highest BCUT2D eigenvalue weighted by Crippen LogP contribution is 2.51. The summed E-state index contributed by atoms with van der Waals surface area (Å²) in [7, 11) is 1.38. The Kier molecular flexibility index (Phi) is 3.77. The number of Topliss-reactive ketones (excluding diaryl/α,β-unsaturated/α-hetero) is 1. The number of ether oxygens (including phenoxy) is 1. The molecule has 0 aliphatic carbocycles. The fourth-order valence-corrected chi connectivity index (χ4v) is 4.69. The van der Waals surface area contributed by atoms with E-state index in [9.17, 15) is 19.8 Å². The van der Waals surface area contributed by atoms with Gasteiger partial charge in [0, 0.05) is 6.42 Å². The third-order valence-corrected chi connectivity index (χ3v) is 5.98. The SMILES string of the molecule is COc1cc2c(c(O)c1O)C(=O)[C@H]1CCC(=O)N1[C@@H]2c1cccc2ccccc12. The number of ketones is 1. The minimum atomic E-state index is -0.655. The molecule has 0 aromatic heterocycles. The number of aromatic hydroxyl groups is 2. The van der Waals surface area contributed by atoms with Crippen molar-refractivity contribution in [1.82, 2.24) is 4.90 Å². The lowest BCUT2D eigenvalue weighted by atomic mass is 9.82. The van der Waals surface area contributed by atoms with Crippen LogP contribution >= 0.6 is 0 Å². The van der Waals surface area contributed by atoms with Crippen LogP contribution in [0.5, 0.6) is 17.2 Å². The molecule has 2 heterocycles. The fraction of sp³-hybridized carbons (Fsp3) is 0.217. The summed E-state index contributed by atoms with van der Waals surface area (Å²) in [5, 5.41) is 22.9. The minimum absolute atomic E-state index is 0.0596.